The summed E-state index contributed by atoms with van der Waals surface area (Å²) in [5.41, 5.74) is 0. The van der Waals surface area contributed by atoms with Crippen LogP contribution in [0.3, 0.4) is 0 Å². The number of benzene rings is 1. The molecule has 6 heteroatoms. The molecule has 2 aliphatic heterocycles. The first kappa shape index (κ1) is 16.4. The molecule has 0 spiro atoms. The summed E-state index contributed by atoms with van der Waals surface area (Å²) in [6.45, 7) is 4.63. The normalized spacial score (nSPS) is 22.4. The van der Waals surface area contributed by atoms with Gasteiger partial charge in [0, 0.05) is 38.3 Å². The van der Waals surface area contributed by atoms with Crippen molar-refractivity contribution in [2.75, 3.05) is 32.7 Å². The number of aliphatic imine (C=N–C) groups is 1. The molecule has 0 amide bonds. The first-order valence-electron chi connectivity index (χ1n) is 9.14. The van der Waals surface area contributed by atoms with Gasteiger partial charge in [-0.05, 0) is 31.4 Å². The third-order valence-electron chi connectivity index (χ3n) is 5.12. The molecule has 5 nitrogen and oxygen atoms in total. The van der Waals surface area contributed by atoms with Crippen molar-refractivity contribution >= 4 is 5.90 Å². The molecule has 1 aliphatic carbocycles. The molecule has 1 saturated heterocycles. The molecule has 0 aromatic heterocycles. The van der Waals surface area contributed by atoms with Crippen LogP contribution in [0.2, 0.25) is 0 Å². The van der Waals surface area contributed by atoms with Gasteiger partial charge in [-0.2, -0.15) is 4.99 Å². The fourth-order valence-electron chi connectivity index (χ4n) is 3.53. The lowest BCUT2D eigenvalue weighted by Crippen LogP contribution is -2.42. The maximum Gasteiger partial charge on any atom is 0.216 e. The van der Waals surface area contributed by atoms with Gasteiger partial charge in [0.25, 0.3) is 0 Å². The van der Waals surface area contributed by atoms with Crippen molar-refractivity contribution in [2.45, 2.75) is 31.7 Å². The van der Waals surface area contributed by atoms with E-state index >= 15 is 0 Å². The maximum atomic E-state index is 13.3. The molecule has 4 rings (SSSR count). The molecule has 1 aromatic carbocycles. The summed E-state index contributed by atoms with van der Waals surface area (Å²) in [4.78, 5) is 9.48. The number of nitrogens with one attached hydrogen (secondary N) is 1. The molecule has 2 heterocycles. The summed E-state index contributed by atoms with van der Waals surface area (Å²) >= 11 is 0. The predicted molar refractivity (Wildman–Crippen MR) is 94.6 cm³/mol. The van der Waals surface area contributed by atoms with Gasteiger partial charge in [0.15, 0.2) is 5.82 Å². The second kappa shape index (κ2) is 7.44. The summed E-state index contributed by atoms with van der Waals surface area (Å²) < 4.78 is 19.0. The van der Waals surface area contributed by atoms with Crippen LogP contribution < -0.4 is 10.1 Å². The largest absolute Gasteiger partial charge is 0.441 e. The summed E-state index contributed by atoms with van der Waals surface area (Å²) in [7, 11) is 0. The Morgan fingerprint density at radius 3 is 2.88 bits per heavy atom. The van der Waals surface area contributed by atoms with Crippen LogP contribution in [0.15, 0.2) is 35.1 Å². The van der Waals surface area contributed by atoms with Gasteiger partial charge in [-0.1, -0.05) is 12.5 Å². The van der Waals surface area contributed by atoms with Crippen LogP contribution in [-0.4, -0.2) is 54.5 Å². The Bertz CT molecular complexity index is 671. The lowest BCUT2D eigenvalue weighted by molar-refractivity contribution is 0.132. The Hall–Kier alpha value is -2.08. The highest BCUT2D eigenvalue weighted by Crippen LogP contribution is 2.26. The zero-order valence-electron chi connectivity index (χ0n) is 14.4. The number of rotatable bonds is 3. The first-order chi connectivity index (χ1) is 12.3. The number of ether oxygens (including phenoxy) is 1. The van der Waals surface area contributed by atoms with E-state index in [-0.39, 0.29) is 5.82 Å². The lowest BCUT2D eigenvalue weighted by Gasteiger charge is -2.36. The van der Waals surface area contributed by atoms with E-state index in [2.05, 4.69) is 26.3 Å². The van der Waals surface area contributed by atoms with Crippen LogP contribution in [0.1, 0.15) is 25.7 Å². The molecule has 3 aliphatic rings. The van der Waals surface area contributed by atoms with Crippen LogP contribution in [0.5, 0.6) is 5.75 Å². The van der Waals surface area contributed by atoms with Crippen LogP contribution in [0, 0.1) is 12.0 Å². The molecule has 0 bridgehead atoms. The van der Waals surface area contributed by atoms with E-state index in [0.717, 1.165) is 44.5 Å². The average molecular weight is 343 g/mol. The summed E-state index contributed by atoms with van der Waals surface area (Å²) in [5.74, 6) is 1.48. The molecule has 2 fully saturated rings. The van der Waals surface area contributed by atoms with E-state index in [9.17, 15) is 4.39 Å². The topological polar surface area (TPSA) is 40.1 Å². The minimum atomic E-state index is -0.312. The Morgan fingerprint density at radius 2 is 2.08 bits per heavy atom. The van der Waals surface area contributed by atoms with Crippen molar-refractivity contribution in [1.82, 2.24) is 15.1 Å². The summed E-state index contributed by atoms with van der Waals surface area (Å²) in [6, 6.07) is 6.92. The van der Waals surface area contributed by atoms with E-state index < -0.39 is 0 Å². The van der Waals surface area contributed by atoms with Crippen LogP contribution in [-0.2, 0) is 0 Å². The molecular formula is C19H24FN4O. The van der Waals surface area contributed by atoms with Crippen molar-refractivity contribution < 1.29 is 9.13 Å². The van der Waals surface area contributed by atoms with Gasteiger partial charge in [0.1, 0.15) is 17.8 Å². The van der Waals surface area contributed by atoms with Gasteiger partial charge in [0.2, 0.25) is 5.90 Å². The van der Waals surface area contributed by atoms with E-state index in [1.165, 1.54) is 31.4 Å². The zero-order valence-corrected chi connectivity index (χ0v) is 14.4. The predicted octanol–water partition coefficient (Wildman–Crippen LogP) is 2.37. The van der Waals surface area contributed by atoms with Gasteiger partial charge >= 0.3 is 0 Å². The molecule has 0 atom stereocenters. The zero-order chi connectivity index (χ0) is 17.1. The van der Waals surface area contributed by atoms with Crippen LogP contribution in [0.4, 0.5) is 4.39 Å². The molecule has 1 radical (unpaired) electrons. The van der Waals surface area contributed by atoms with Gasteiger partial charge in [0.05, 0.1) is 6.54 Å². The van der Waals surface area contributed by atoms with Crippen LogP contribution in [0.25, 0.3) is 0 Å². The van der Waals surface area contributed by atoms with Gasteiger partial charge in [-0.3, -0.25) is 4.90 Å². The third kappa shape index (κ3) is 3.95. The summed E-state index contributed by atoms with van der Waals surface area (Å²) in [6.07, 6.45) is 8.35. The SMILES string of the molecule is Fc1cccc(OC2=NC(N3CCCN(C4CCC4)CC3)=[C]NC2)c1. The second-order valence-electron chi connectivity index (χ2n) is 6.83. The monoisotopic (exact) mass is 343 g/mol. The van der Waals surface area contributed by atoms with E-state index in [1.807, 2.05) is 0 Å². The van der Waals surface area contributed by atoms with Crippen molar-refractivity contribution in [3.63, 3.8) is 0 Å². The molecule has 1 aromatic rings. The first-order valence-corrected chi connectivity index (χ1v) is 9.14. The lowest BCUT2D eigenvalue weighted by atomic mass is 9.91. The fraction of sp³-hybridized carbons (Fsp3) is 0.526. The minimum absolute atomic E-state index is 0.312. The fourth-order valence-corrected chi connectivity index (χ4v) is 3.53. The number of nitrogens with zero attached hydrogens (tertiary/aromatic N) is 3. The van der Waals surface area contributed by atoms with Gasteiger partial charge in [-0.15, -0.1) is 0 Å². The van der Waals surface area contributed by atoms with E-state index in [1.54, 1.807) is 12.1 Å². The van der Waals surface area contributed by atoms with Crippen molar-refractivity contribution in [3.8, 4) is 5.75 Å². The molecule has 25 heavy (non-hydrogen) atoms. The number of hydrogen-bond acceptors (Lipinski definition) is 5. The highest BCUT2D eigenvalue weighted by atomic mass is 19.1. The third-order valence-corrected chi connectivity index (χ3v) is 5.12. The highest BCUT2D eigenvalue weighted by Gasteiger charge is 2.27. The standard InChI is InChI=1S/C19H24FN4O/c20-15-4-1-7-17(12-15)25-19-14-21-13-18(22-19)24-9-3-8-23(10-11-24)16-5-2-6-16/h1,4,7,12,16,21H,2-3,5-6,8-11,14H2. The van der Waals surface area contributed by atoms with Crippen molar-refractivity contribution in [1.29, 1.82) is 0 Å². The van der Waals surface area contributed by atoms with E-state index in [4.69, 9.17) is 4.74 Å². The molecule has 1 N–H and O–H groups in total. The Balaban J connectivity index is 1.39. The Kier molecular flexibility index (Phi) is 4.88. The minimum Gasteiger partial charge on any atom is -0.441 e. The molecule has 0 unspecified atom stereocenters. The second-order valence-corrected chi connectivity index (χ2v) is 6.83. The van der Waals surface area contributed by atoms with Crippen molar-refractivity contribution in [2.24, 2.45) is 4.99 Å². The molecule has 1 saturated carbocycles. The molecular weight excluding hydrogens is 319 g/mol. The summed E-state index contributed by atoms with van der Waals surface area (Å²) in [5, 5.41) is 3.10. The Labute approximate surface area is 148 Å². The van der Waals surface area contributed by atoms with E-state index in [0.29, 0.717) is 18.2 Å². The quantitative estimate of drug-likeness (QED) is 0.915. The van der Waals surface area contributed by atoms with Crippen LogP contribution >= 0.6 is 0 Å². The Morgan fingerprint density at radius 1 is 1.16 bits per heavy atom. The smallest absolute Gasteiger partial charge is 0.216 e. The van der Waals surface area contributed by atoms with Crippen molar-refractivity contribution in [3.05, 3.63) is 42.1 Å². The number of hydrogen-bond donors (Lipinski definition) is 1. The highest BCUT2D eigenvalue weighted by molar-refractivity contribution is 5.82. The average Bonchev–Trinajstić information content (AvgIpc) is 2.80. The van der Waals surface area contributed by atoms with Gasteiger partial charge in [-0.25, -0.2) is 4.39 Å². The maximum absolute atomic E-state index is 13.3. The number of halogens is 1. The molecule has 133 valence electrons. The van der Waals surface area contributed by atoms with Gasteiger partial charge < -0.3 is 15.0 Å².